The van der Waals surface area contributed by atoms with Crippen LogP contribution in [-0.4, -0.2) is 47.6 Å². The van der Waals surface area contributed by atoms with Gasteiger partial charge in [-0.05, 0) is 47.2 Å². The molecule has 1 aliphatic rings. The Morgan fingerprint density at radius 1 is 0.882 bits per heavy atom. The van der Waals surface area contributed by atoms with Crippen LogP contribution in [0.25, 0.3) is 0 Å². The molecule has 3 rings (SSSR count). The maximum atomic E-state index is 10.4. The third-order valence-electron chi connectivity index (χ3n) is 6.06. The second-order valence-electron chi connectivity index (χ2n) is 11.7. The number of benzene rings is 2. The normalized spacial score (nSPS) is 17.4. The van der Waals surface area contributed by atoms with Gasteiger partial charge in [-0.3, -0.25) is 0 Å². The van der Waals surface area contributed by atoms with Crippen molar-refractivity contribution < 1.29 is 19.3 Å². The van der Waals surface area contributed by atoms with Crippen LogP contribution in [0, 0.1) is 5.41 Å². The molecule has 0 amide bonds. The molecule has 0 bridgehead atoms. The van der Waals surface area contributed by atoms with Crippen LogP contribution in [-0.2, 0) is 10.2 Å². The van der Waals surface area contributed by atoms with Gasteiger partial charge in [0.25, 0.3) is 0 Å². The summed E-state index contributed by atoms with van der Waals surface area (Å²) in [5.41, 5.74) is 2.56. The van der Waals surface area contributed by atoms with E-state index >= 15 is 0 Å². The summed E-state index contributed by atoms with van der Waals surface area (Å²) >= 11 is 1.82. The first kappa shape index (κ1) is 26.9. The zero-order valence-electron chi connectivity index (χ0n) is 21.9. The lowest BCUT2D eigenvalue weighted by atomic mass is 9.78. The molecule has 5 heteroatoms. The molecule has 188 valence electrons. The fourth-order valence-corrected chi connectivity index (χ4v) is 5.62. The van der Waals surface area contributed by atoms with Gasteiger partial charge in [-0.1, -0.05) is 72.7 Å². The molecule has 2 unspecified atom stereocenters. The van der Waals surface area contributed by atoms with Crippen molar-refractivity contribution in [1.82, 2.24) is 0 Å². The highest BCUT2D eigenvalue weighted by atomic mass is 32.2. The van der Waals surface area contributed by atoms with Crippen molar-refractivity contribution in [1.29, 1.82) is 0 Å². The highest BCUT2D eigenvalue weighted by molar-refractivity contribution is 8.00. The fourth-order valence-electron chi connectivity index (χ4n) is 4.35. The molecule has 4 nitrogen and oxygen atoms in total. The maximum absolute atomic E-state index is 10.4. The molecule has 0 aromatic heterocycles. The van der Waals surface area contributed by atoms with E-state index in [9.17, 15) is 5.11 Å². The number of aliphatic hydroxyl groups is 1. The van der Waals surface area contributed by atoms with E-state index in [1.54, 1.807) is 0 Å². The third kappa shape index (κ3) is 8.51. The predicted octanol–water partition coefficient (Wildman–Crippen LogP) is 6.48. The number of hydrogen-bond donors (Lipinski definition) is 1. The predicted molar refractivity (Wildman–Crippen MR) is 142 cm³/mol. The number of ether oxygens (including phenoxy) is 3. The highest BCUT2D eigenvalue weighted by Gasteiger charge is 2.27. The van der Waals surface area contributed by atoms with E-state index < -0.39 is 6.10 Å². The minimum atomic E-state index is -0.493. The number of hydrogen-bond acceptors (Lipinski definition) is 5. The third-order valence-corrected chi connectivity index (χ3v) is 7.53. The van der Waals surface area contributed by atoms with Crippen LogP contribution in [0.3, 0.4) is 0 Å². The van der Waals surface area contributed by atoms with Gasteiger partial charge in [0.2, 0.25) is 0 Å². The second kappa shape index (κ2) is 10.9. The van der Waals surface area contributed by atoms with E-state index in [4.69, 9.17) is 14.2 Å². The van der Waals surface area contributed by atoms with Crippen LogP contribution in [0.1, 0.15) is 66.0 Å². The number of aliphatic hydroxyl groups excluding tert-OH is 1. The molecule has 2 atom stereocenters. The summed E-state index contributed by atoms with van der Waals surface area (Å²) in [5, 5.41) is 10.4. The topological polar surface area (TPSA) is 51.2 Å². The first-order valence-electron chi connectivity index (χ1n) is 12.2. The largest absolute Gasteiger partial charge is 0.491 e. The summed E-state index contributed by atoms with van der Waals surface area (Å²) in [6.45, 7) is 17.4. The van der Waals surface area contributed by atoms with E-state index in [1.807, 2.05) is 36.0 Å². The first-order chi connectivity index (χ1) is 15.8. The molecule has 0 radical (unpaired) electrons. The lowest BCUT2D eigenvalue weighted by molar-refractivity contribution is 0.126. The second-order valence-corrected chi connectivity index (χ2v) is 13.4. The molecule has 1 N–H and O–H groups in total. The standard InChI is InChI=1S/C29H42O4S/c1-27(2,3)20-28(4,5)34-19-23(30)16-31-24-12-8-21(9-13-24)29(6,7)22-10-14-25(15-11-22)32-17-26-18-33-26/h8-15,23,26,30H,16-20H2,1-7H3. The van der Waals surface area contributed by atoms with E-state index in [1.165, 1.54) is 11.1 Å². The van der Waals surface area contributed by atoms with E-state index in [2.05, 4.69) is 72.7 Å². The molecule has 1 saturated heterocycles. The molecule has 0 spiro atoms. The van der Waals surface area contributed by atoms with Gasteiger partial charge in [-0.25, -0.2) is 0 Å². The van der Waals surface area contributed by atoms with Crippen LogP contribution >= 0.6 is 11.8 Å². The molecule has 2 aromatic carbocycles. The van der Waals surface area contributed by atoms with Gasteiger partial charge in [0.15, 0.2) is 0 Å². The van der Waals surface area contributed by atoms with Gasteiger partial charge in [-0.2, -0.15) is 11.8 Å². The molecular weight excluding hydrogens is 444 g/mol. The summed E-state index contributed by atoms with van der Waals surface area (Å²) in [4.78, 5) is 0. The zero-order chi connectivity index (χ0) is 25.0. The van der Waals surface area contributed by atoms with Gasteiger partial charge in [0, 0.05) is 15.9 Å². The summed E-state index contributed by atoms with van der Waals surface area (Å²) in [7, 11) is 0. The van der Waals surface area contributed by atoms with Crippen molar-refractivity contribution in [3.63, 3.8) is 0 Å². The van der Waals surface area contributed by atoms with Crippen LogP contribution in [0.4, 0.5) is 0 Å². The van der Waals surface area contributed by atoms with E-state index in [0.717, 1.165) is 24.5 Å². The molecule has 34 heavy (non-hydrogen) atoms. The van der Waals surface area contributed by atoms with Crippen LogP contribution in [0.2, 0.25) is 0 Å². The van der Waals surface area contributed by atoms with Crippen molar-refractivity contribution in [2.45, 2.75) is 77.3 Å². The summed E-state index contributed by atoms with van der Waals surface area (Å²) in [5.74, 6) is 2.32. The average Bonchev–Trinajstić information content (AvgIpc) is 3.58. The minimum absolute atomic E-state index is 0.127. The molecule has 1 heterocycles. The van der Waals surface area contributed by atoms with E-state index in [-0.39, 0.29) is 21.7 Å². The average molecular weight is 487 g/mol. The van der Waals surface area contributed by atoms with Gasteiger partial charge in [0.1, 0.15) is 30.8 Å². The lowest BCUT2D eigenvalue weighted by Gasteiger charge is -2.32. The molecule has 1 aliphatic heterocycles. The fraction of sp³-hybridized carbons (Fsp3) is 0.586. The minimum Gasteiger partial charge on any atom is -0.491 e. The Hall–Kier alpha value is -1.69. The molecule has 2 aromatic rings. The summed E-state index contributed by atoms with van der Waals surface area (Å²) < 4.78 is 17.0. The summed E-state index contributed by atoms with van der Waals surface area (Å²) in [6.07, 6.45) is 0.866. The van der Waals surface area contributed by atoms with E-state index in [0.29, 0.717) is 19.0 Å². The Balaban J connectivity index is 1.49. The Bertz CT molecular complexity index is 893. The lowest BCUT2D eigenvalue weighted by Crippen LogP contribution is -2.28. The number of epoxide rings is 1. The monoisotopic (exact) mass is 486 g/mol. The van der Waals surface area contributed by atoms with Crippen molar-refractivity contribution in [2.24, 2.45) is 5.41 Å². The van der Waals surface area contributed by atoms with Gasteiger partial charge < -0.3 is 19.3 Å². The maximum Gasteiger partial charge on any atom is 0.119 e. The molecule has 0 saturated carbocycles. The Morgan fingerprint density at radius 2 is 1.38 bits per heavy atom. The Kier molecular flexibility index (Phi) is 8.65. The zero-order valence-corrected chi connectivity index (χ0v) is 22.7. The number of rotatable bonds is 12. The van der Waals surface area contributed by atoms with Crippen molar-refractivity contribution in [3.8, 4) is 11.5 Å². The van der Waals surface area contributed by atoms with Crippen LogP contribution in [0.5, 0.6) is 11.5 Å². The smallest absolute Gasteiger partial charge is 0.119 e. The van der Waals surface area contributed by atoms with Crippen molar-refractivity contribution >= 4 is 11.8 Å². The highest BCUT2D eigenvalue weighted by Crippen LogP contribution is 2.37. The summed E-state index contributed by atoms with van der Waals surface area (Å²) in [6, 6.07) is 16.5. The molecule has 1 fully saturated rings. The molecule has 0 aliphatic carbocycles. The van der Waals surface area contributed by atoms with Crippen LogP contribution < -0.4 is 9.47 Å². The van der Waals surface area contributed by atoms with Gasteiger partial charge in [-0.15, -0.1) is 0 Å². The number of thioether (sulfide) groups is 1. The van der Waals surface area contributed by atoms with Crippen molar-refractivity contribution in [2.75, 3.05) is 25.6 Å². The first-order valence-corrected chi connectivity index (χ1v) is 13.2. The van der Waals surface area contributed by atoms with Crippen molar-refractivity contribution in [3.05, 3.63) is 59.7 Å². The van der Waals surface area contributed by atoms with Gasteiger partial charge in [0.05, 0.1) is 12.7 Å². The Labute approximate surface area is 210 Å². The Morgan fingerprint density at radius 3 is 1.85 bits per heavy atom. The van der Waals surface area contributed by atoms with Crippen LogP contribution in [0.15, 0.2) is 48.5 Å². The molecular formula is C29H42O4S. The quantitative estimate of drug-likeness (QED) is 0.348. The van der Waals surface area contributed by atoms with Gasteiger partial charge >= 0.3 is 0 Å². The SMILES string of the molecule is CC(C)(C)CC(C)(C)SCC(O)COc1ccc(C(C)(C)c2ccc(OCC3CO3)cc2)cc1.